The molecule has 0 aromatic heterocycles. The standard InChI is InChI=1S/C6H10F2O5S/c1-13-5(9)2-3-6(7,8)4-14(10,11)12/h2-4H2,1H3,(H,10,11,12). The van der Waals surface area contributed by atoms with E-state index in [1.807, 2.05) is 0 Å². The highest BCUT2D eigenvalue weighted by atomic mass is 32.2. The second-order valence-electron chi connectivity index (χ2n) is 2.66. The van der Waals surface area contributed by atoms with Gasteiger partial charge in [0, 0.05) is 6.42 Å². The topological polar surface area (TPSA) is 80.7 Å². The van der Waals surface area contributed by atoms with Crippen LogP contribution in [0.1, 0.15) is 12.8 Å². The van der Waals surface area contributed by atoms with Crippen molar-refractivity contribution in [2.45, 2.75) is 18.8 Å². The Hall–Kier alpha value is -0.760. The van der Waals surface area contributed by atoms with Gasteiger partial charge < -0.3 is 4.74 Å². The lowest BCUT2D eigenvalue weighted by Crippen LogP contribution is -2.28. The Balaban J connectivity index is 4.15. The van der Waals surface area contributed by atoms with Gasteiger partial charge in [0.2, 0.25) is 0 Å². The summed E-state index contributed by atoms with van der Waals surface area (Å²) >= 11 is 0. The van der Waals surface area contributed by atoms with Crippen LogP contribution in [-0.4, -0.2) is 37.7 Å². The quantitative estimate of drug-likeness (QED) is 0.550. The molecule has 0 radical (unpaired) electrons. The number of methoxy groups -OCH3 is 1. The fourth-order valence-corrected chi connectivity index (χ4v) is 1.40. The summed E-state index contributed by atoms with van der Waals surface area (Å²) < 4.78 is 57.8. The van der Waals surface area contributed by atoms with Crippen molar-refractivity contribution >= 4 is 16.1 Å². The predicted octanol–water partition coefficient (Wildman–Crippen LogP) is 0.463. The van der Waals surface area contributed by atoms with Gasteiger partial charge in [-0.3, -0.25) is 9.35 Å². The first-order valence-electron chi connectivity index (χ1n) is 3.56. The lowest BCUT2D eigenvalue weighted by Gasteiger charge is -2.12. The summed E-state index contributed by atoms with van der Waals surface area (Å²) in [6.45, 7) is 0. The van der Waals surface area contributed by atoms with E-state index >= 15 is 0 Å². The molecule has 0 aromatic rings. The Bertz CT molecular complexity index is 297. The summed E-state index contributed by atoms with van der Waals surface area (Å²) in [7, 11) is -3.71. The second kappa shape index (κ2) is 4.65. The van der Waals surface area contributed by atoms with Crippen molar-refractivity contribution in [2.24, 2.45) is 0 Å². The van der Waals surface area contributed by atoms with Gasteiger partial charge in [-0.2, -0.15) is 8.42 Å². The van der Waals surface area contributed by atoms with Gasteiger partial charge >= 0.3 is 5.97 Å². The molecule has 0 rings (SSSR count). The van der Waals surface area contributed by atoms with E-state index in [1.165, 1.54) is 0 Å². The molecule has 0 spiro atoms. The number of esters is 1. The summed E-state index contributed by atoms with van der Waals surface area (Å²) in [4.78, 5) is 10.5. The summed E-state index contributed by atoms with van der Waals surface area (Å²) in [6.07, 6.45) is -1.57. The van der Waals surface area contributed by atoms with Crippen LogP contribution in [0.5, 0.6) is 0 Å². The van der Waals surface area contributed by atoms with Crippen molar-refractivity contribution in [2.75, 3.05) is 12.9 Å². The van der Waals surface area contributed by atoms with Crippen LogP contribution in [0.3, 0.4) is 0 Å². The molecule has 1 N–H and O–H groups in total. The molecule has 0 atom stereocenters. The Morgan fingerprint density at radius 3 is 2.36 bits per heavy atom. The van der Waals surface area contributed by atoms with E-state index in [-0.39, 0.29) is 0 Å². The summed E-state index contributed by atoms with van der Waals surface area (Å²) in [5, 5.41) is 0. The molecule has 0 saturated heterocycles. The van der Waals surface area contributed by atoms with Crippen molar-refractivity contribution in [3.8, 4) is 0 Å². The minimum absolute atomic E-state index is 0.598. The van der Waals surface area contributed by atoms with E-state index in [9.17, 15) is 22.0 Å². The van der Waals surface area contributed by atoms with E-state index in [2.05, 4.69) is 4.74 Å². The highest BCUT2D eigenvalue weighted by Gasteiger charge is 2.35. The Morgan fingerprint density at radius 1 is 1.50 bits per heavy atom. The Kier molecular flexibility index (Phi) is 4.40. The third kappa shape index (κ3) is 6.72. The number of hydrogen-bond acceptors (Lipinski definition) is 4. The van der Waals surface area contributed by atoms with Crippen LogP contribution in [0.15, 0.2) is 0 Å². The monoisotopic (exact) mass is 232 g/mol. The molecule has 0 saturated carbocycles. The molecule has 8 heteroatoms. The molecule has 0 aliphatic heterocycles. The summed E-state index contributed by atoms with van der Waals surface area (Å²) in [5.41, 5.74) is 0. The third-order valence-corrected chi connectivity index (χ3v) is 2.10. The van der Waals surface area contributed by atoms with Gasteiger partial charge in [0.15, 0.2) is 0 Å². The van der Waals surface area contributed by atoms with Crippen molar-refractivity contribution < 1.29 is 31.3 Å². The Labute approximate surface area is 79.8 Å². The second-order valence-corrected chi connectivity index (χ2v) is 4.11. The average Bonchev–Trinajstić information content (AvgIpc) is 1.96. The SMILES string of the molecule is COC(=O)CCC(F)(F)CS(=O)(=O)O. The number of hydrogen-bond donors (Lipinski definition) is 1. The average molecular weight is 232 g/mol. The van der Waals surface area contributed by atoms with Crippen LogP contribution in [0.25, 0.3) is 0 Å². The van der Waals surface area contributed by atoms with E-state index in [1.54, 1.807) is 0 Å². The van der Waals surface area contributed by atoms with E-state index in [4.69, 9.17) is 4.55 Å². The molecular formula is C6H10F2O5S. The van der Waals surface area contributed by atoms with Gasteiger partial charge in [-0.05, 0) is 0 Å². The molecular weight excluding hydrogens is 222 g/mol. The molecule has 5 nitrogen and oxygen atoms in total. The number of ether oxygens (including phenoxy) is 1. The number of carbonyl (C=O) groups is 1. The van der Waals surface area contributed by atoms with Crippen LogP contribution in [0.2, 0.25) is 0 Å². The number of rotatable bonds is 5. The lowest BCUT2D eigenvalue weighted by molar-refractivity contribution is -0.142. The zero-order chi connectivity index (χ0) is 11.4. The van der Waals surface area contributed by atoms with Gasteiger partial charge in [-0.15, -0.1) is 0 Å². The van der Waals surface area contributed by atoms with Gasteiger partial charge in [0.05, 0.1) is 13.5 Å². The highest BCUT2D eigenvalue weighted by molar-refractivity contribution is 7.85. The molecule has 0 fully saturated rings. The van der Waals surface area contributed by atoms with Crippen molar-refractivity contribution in [3.05, 3.63) is 0 Å². The van der Waals surface area contributed by atoms with Gasteiger partial charge in [0.1, 0.15) is 5.75 Å². The van der Waals surface area contributed by atoms with Gasteiger partial charge in [-0.1, -0.05) is 0 Å². The first-order chi connectivity index (χ1) is 6.16. The summed E-state index contributed by atoms with van der Waals surface area (Å²) in [5.74, 6) is -6.17. The van der Waals surface area contributed by atoms with Crippen molar-refractivity contribution in [3.63, 3.8) is 0 Å². The Morgan fingerprint density at radius 2 is 2.00 bits per heavy atom. The predicted molar refractivity (Wildman–Crippen MR) is 42.6 cm³/mol. The van der Waals surface area contributed by atoms with E-state index in [0.717, 1.165) is 7.11 Å². The number of halogens is 2. The molecule has 84 valence electrons. The molecule has 0 aliphatic carbocycles. The number of carbonyl (C=O) groups excluding carboxylic acids is 1. The van der Waals surface area contributed by atoms with Gasteiger partial charge in [-0.25, -0.2) is 8.78 Å². The first kappa shape index (κ1) is 13.2. The van der Waals surface area contributed by atoms with Crippen LogP contribution >= 0.6 is 0 Å². The highest BCUT2D eigenvalue weighted by Crippen LogP contribution is 2.22. The van der Waals surface area contributed by atoms with E-state index < -0.39 is 40.6 Å². The van der Waals surface area contributed by atoms with Crippen LogP contribution in [0, 0.1) is 0 Å². The maximum atomic E-state index is 12.7. The lowest BCUT2D eigenvalue weighted by atomic mass is 10.2. The molecule has 0 heterocycles. The molecule has 0 bridgehead atoms. The normalized spacial score (nSPS) is 12.6. The van der Waals surface area contributed by atoms with E-state index in [0.29, 0.717) is 0 Å². The van der Waals surface area contributed by atoms with Crippen LogP contribution in [-0.2, 0) is 19.6 Å². The molecule has 0 aromatic carbocycles. The zero-order valence-corrected chi connectivity index (χ0v) is 8.18. The fraction of sp³-hybridized carbons (Fsp3) is 0.833. The molecule has 14 heavy (non-hydrogen) atoms. The van der Waals surface area contributed by atoms with Gasteiger partial charge in [0.25, 0.3) is 16.0 Å². The smallest absolute Gasteiger partial charge is 0.305 e. The largest absolute Gasteiger partial charge is 0.469 e. The molecule has 0 aliphatic rings. The van der Waals surface area contributed by atoms with Crippen molar-refractivity contribution in [1.82, 2.24) is 0 Å². The summed E-state index contributed by atoms with van der Waals surface area (Å²) in [6, 6.07) is 0. The van der Waals surface area contributed by atoms with Crippen molar-refractivity contribution in [1.29, 1.82) is 0 Å². The molecule has 0 amide bonds. The third-order valence-electron chi connectivity index (χ3n) is 1.32. The minimum Gasteiger partial charge on any atom is -0.469 e. The number of alkyl halides is 2. The van der Waals surface area contributed by atoms with Crippen LogP contribution in [0.4, 0.5) is 8.78 Å². The maximum absolute atomic E-state index is 12.7. The minimum atomic E-state index is -4.74. The zero-order valence-electron chi connectivity index (χ0n) is 7.37. The van der Waals surface area contributed by atoms with Crippen LogP contribution < -0.4 is 0 Å². The fourth-order valence-electron chi connectivity index (χ4n) is 0.726. The maximum Gasteiger partial charge on any atom is 0.305 e. The molecule has 0 unspecified atom stereocenters. The first-order valence-corrected chi connectivity index (χ1v) is 5.17.